The number of methoxy groups -OCH3 is 2. The number of amides is 1. The maximum absolute atomic E-state index is 12.5. The summed E-state index contributed by atoms with van der Waals surface area (Å²) in [6, 6.07) is 8.46. The maximum Gasteiger partial charge on any atom is 0.373 e. The fraction of sp³-hybridized carbons (Fsp3) is 0.190. The Morgan fingerprint density at radius 3 is 2.77 bits per heavy atom. The van der Waals surface area contributed by atoms with Crippen LogP contribution in [0.4, 0.5) is 0 Å². The van der Waals surface area contributed by atoms with E-state index in [1.807, 2.05) is 0 Å². The lowest BCUT2D eigenvalue weighted by molar-refractivity contribution is -0.121. The van der Waals surface area contributed by atoms with Crippen molar-refractivity contribution in [2.45, 2.75) is 6.61 Å². The largest absolute Gasteiger partial charge is 0.493 e. The van der Waals surface area contributed by atoms with Crippen molar-refractivity contribution < 1.29 is 28.2 Å². The molecule has 0 aliphatic carbocycles. The lowest BCUT2D eigenvalue weighted by Crippen LogP contribution is -2.27. The van der Waals surface area contributed by atoms with Crippen LogP contribution in [-0.2, 0) is 16.1 Å². The summed E-state index contributed by atoms with van der Waals surface area (Å²) in [4.78, 5) is 26.0. The molecule has 30 heavy (non-hydrogen) atoms. The Labute approximate surface area is 183 Å². The highest BCUT2D eigenvalue weighted by atomic mass is 32.2. The first kappa shape index (κ1) is 21.7. The van der Waals surface area contributed by atoms with Gasteiger partial charge in [0.2, 0.25) is 5.76 Å². The van der Waals surface area contributed by atoms with E-state index < -0.39 is 5.97 Å². The molecule has 0 N–H and O–H groups in total. The van der Waals surface area contributed by atoms with Crippen molar-refractivity contribution in [3.63, 3.8) is 0 Å². The van der Waals surface area contributed by atoms with E-state index in [1.54, 1.807) is 36.4 Å². The molecule has 0 radical (unpaired) electrons. The van der Waals surface area contributed by atoms with Crippen LogP contribution in [0.1, 0.15) is 21.9 Å². The molecule has 0 spiro atoms. The quantitative estimate of drug-likeness (QED) is 0.261. The van der Waals surface area contributed by atoms with Gasteiger partial charge in [0.1, 0.15) is 16.7 Å². The molecule has 0 bridgehead atoms. The lowest BCUT2D eigenvalue weighted by atomic mass is 10.2. The standard InChI is InChI=1S/C21H19NO6S2/c1-4-9-22-19(23)18(30-21(22)29)11-13-5-7-15(17(10-13)25-2)27-12-14-6-8-16(28-14)20(24)26-3/h4-8,10-11H,1,9,12H2,2-3H3. The number of hydrogen-bond acceptors (Lipinski definition) is 8. The molecule has 1 aliphatic heterocycles. The molecule has 2 aromatic rings. The van der Waals surface area contributed by atoms with Gasteiger partial charge in [-0.05, 0) is 35.9 Å². The molecule has 0 atom stereocenters. The van der Waals surface area contributed by atoms with Crippen LogP contribution in [-0.4, -0.2) is 41.9 Å². The highest BCUT2D eigenvalue weighted by molar-refractivity contribution is 8.26. The molecule has 9 heteroatoms. The van der Waals surface area contributed by atoms with Crippen LogP contribution >= 0.6 is 24.0 Å². The zero-order valence-electron chi connectivity index (χ0n) is 16.4. The molecular formula is C21H19NO6S2. The maximum atomic E-state index is 12.5. The number of benzene rings is 1. The molecule has 7 nitrogen and oxygen atoms in total. The van der Waals surface area contributed by atoms with E-state index in [2.05, 4.69) is 11.3 Å². The van der Waals surface area contributed by atoms with E-state index in [1.165, 1.54) is 36.9 Å². The monoisotopic (exact) mass is 445 g/mol. The first-order valence-electron chi connectivity index (χ1n) is 8.81. The second kappa shape index (κ2) is 9.64. The Morgan fingerprint density at radius 2 is 2.07 bits per heavy atom. The van der Waals surface area contributed by atoms with Crippen LogP contribution < -0.4 is 9.47 Å². The van der Waals surface area contributed by atoms with Gasteiger partial charge in [0, 0.05) is 6.54 Å². The van der Waals surface area contributed by atoms with Gasteiger partial charge in [-0.25, -0.2) is 4.79 Å². The number of carbonyl (C=O) groups is 2. The van der Waals surface area contributed by atoms with Crippen LogP contribution in [0.15, 0.2) is 52.3 Å². The summed E-state index contributed by atoms with van der Waals surface area (Å²) < 4.78 is 21.7. The number of esters is 1. The van der Waals surface area contributed by atoms with E-state index in [0.717, 1.165) is 5.56 Å². The van der Waals surface area contributed by atoms with Gasteiger partial charge < -0.3 is 18.6 Å². The highest BCUT2D eigenvalue weighted by Crippen LogP contribution is 2.35. The molecule has 0 saturated carbocycles. The molecular weight excluding hydrogens is 426 g/mol. The molecule has 1 aliphatic rings. The smallest absolute Gasteiger partial charge is 0.373 e. The Morgan fingerprint density at radius 1 is 1.27 bits per heavy atom. The third kappa shape index (κ3) is 4.74. The SMILES string of the molecule is C=CCN1C(=O)C(=Cc2ccc(OCc3ccc(C(=O)OC)o3)c(OC)c2)SC1=S. The van der Waals surface area contributed by atoms with Crippen molar-refractivity contribution in [3.05, 3.63) is 65.0 Å². The predicted octanol–water partition coefficient (Wildman–Crippen LogP) is 4.04. The molecule has 1 saturated heterocycles. The number of rotatable bonds is 8. The minimum atomic E-state index is -0.554. The Kier molecular flexibility index (Phi) is 6.96. The van der Waals surface area contributed by atoms with Crippen LogP contribution in [0.2, 0.25) is 0 Å². The summed E-state index contributed by atoms with van der Waals surface area (Å²) in [5.74, 6) is 0.847. The molecule has 1 aromatic heterocycles. The average molecular weight is 446 g/mol. The van der Waals surface area contributed by atoms with Gasteiger partial charge in [0.15, 0.2) is 11.5 Å². The van der Waals surface area contributed by atoms with Gasteiger partial charge >= 0.3 is 5.97 Å². The second-order valence-electron chi connectivity index (χ2n) is 6.04. The Hall–Kier alpha value is -3.04. The minimum Gasteiger partial charge on any atom is -0.493 e. The third-order valence-electron chi connectivity index (χ3n) is 4.09. The zero-order chi connectivity index (χ0) is 21.7. The fourth-order valence-electron chi connectivity index (χ4n) is 2.65. The van der Waals surface area contributed by atoms with Crippen LogP contribution in [0, 0.1) is 0 Å². The van der Waals surface area contributed by atoms with Crippen molar-refractivity contribution >= 4 is 46.3 Å². The van der Waals surface area contributed by atoms with Gasteiger partial charge in [0.25, 0.3) is 5.91 Å². The lowest BCUT2D eigenvalue weighted by Gasteiger charge is -2.11. The highest BCUT2D eigenvalue weighted by Gasteiger charge is 2.31. The summed E-state index contributed by atoms with van der Waals surface area (Å²) >= 11 is 6.50. The second-order valence-corrected chi connectivity index (χ2v) is 7.71. The van der Waals surface area contributed by atoms with Gasteiger partial charge in [-0.2, -0.15) is 0 Å². The molecule has 156 valence electrons. The normalized spacial score (nSPS) is 14.9. The first-order valence-corrected chi connectivity index (χ1v) is 10.0. The van der Waals surface area contributed by atoms with Crippen molar-refractivity contribution in [1.82, 2.24) is 4.90 Å². The number of thiocarbonyl (C=S) groups is 1. The number of thioether (sulfide) groups is 1. The molecule has 3 rings (SSSR count). The van der Waals surface area contributed by atoms with Crippen molar-refractivity contribution in [1.29, 1.82) is 0 Å². The number of nitrogens with zero attached hydrogens (tertiary/aromatic N) is 1. The number of furan rings is 1. The molecule has 0 unspecified atom stereocenters. The fourth-order valence-corrected chi connectivity index (χ4v) is 3.92. The van der Waals surface area contributed by atoms with Crippen molar-refractivity contribution in [3.8, 4) is 11.5 Å². The first-order chi connectivity index (χ1) is 14.5. The third-order valence-corrected chi connectivity index (χ3v) is 5.47. The van der Waals surface area contributed by atoms with Gasteiger partial charge in [-0.3, -0.25) is 9.69 Å². The summed E-state index contributed by atoms with van der Waals surface area (Å²) in [5.41, 5.74) is 0.768. The van der Waals surface area contributed by atoms with Gasteiger partial charge in [0.05, 0.1) is 19.1 Å². The van der Waals surface area contributed by atoms with Gasteiger partial charge in [-0.15, -0.1) is 6.58 Å². The Balaban J connectivity index is 1.73. The van der Waals surface area contributed by atoms with Crippen molar-refractivity contribution in [2.24, 2.45) is 0 Å². The zero-order valence-corrected chi connectivity index (χ0v) is 18.0. The van der Waals surface area contributed by atoms with Crippen LogP contribution in [0.25, 0.3) is 6.08 Å². The topological polar surface area (TPSA) is 78.2 Å². The number of carbonyl (C=O) groups excluding carboxylic acids is 2. The summed E-state index contributed by atoms with van der Waals surface area (Å²) in [6.07, 6.45) is 3.39. The number of hydrogen-bond donors (Lipinski definition) is 0. The van der Waals surface area contributed by atoms with E-state index >= 15 is 0 Å². The summed E-state index contributed by atoms with van der Waals surface area (Å²) in [5, 5.41) is 0. The Bertz CT molecular complexity index is 1030. The summed E-state index contributed by atoms with van der Waals surface area (Å²) in [7, 11) is 2.81. The molecule has 2 heterocycles. The predicted molar refractivity (Wildman–Crippen MR) is 117 cm³/mol. The van der Waals surface area contributed by atoms with Crippen LogP contribution in [0.3, 0.4) is 0 Å². The van der Waals surface area contributed by atoms with E-state index in [0.29, 0.717) is 33.0 Å². The van der Waals surface area contributed by atoms with E-state index in [-0.39, 0.29) is 18.3 Å². The minimum absolute atomic E-state index is 0.104. The summed E-state index contributed by atoms with van der Waals surface area (Å²) in [6.45, 7) is 4.13. The molecule has 1 fully saturated rings. The van der Waals surface area contributed by atoms with E-state index in [9.17, 15) is 9.59 Å². The average Bonchev–Trinajstić information content (AvgIpc) is 3.33. The van der Waals surface area contributed by atoms with Crippen LogP contribution in [0.5, 0.6) is 11.5 Å². The van der Waals surface area contributed by atoms with Crippen molar-refractivity contribution in [2.75, 3.05) is 20.8 Å². The molecule has 1 aromatic carbocycles. The molecule has 1 amide bonds. The van der Waals surface area contributed by atoms with E-state index in [4.69, 9.17) is 26.1 Å². The van der Waals surface area contributed by atoms with Gasteiger partial charge in [-0.1, -0.05) is 36.1 Å². The number of ether oxygens (including phenoxy) is 3.